The fourth-order valence-corrected chi connectivity index (χ4v) is 5.40. The molecule has 6 heteroatoms. The fourth-order valence-electron chi connectivity index (χ4n) is 1.78. The lowest BCUT2D eigenvalue weighted by molar-refractivity contribution is 0.0693. The number of hydrogen-bond acceptors (Lipinski definition) is 4. The van der Waals surface area contributed by atoms with Gasteiger partial charge in [0.25, 0.3) is 0 Å². The Labute approximate surface area is 104 Å². The first-order chi connectivity index (χ1) is 7.98. The lowest BCUT2D eigenvalue weighted by atomic mass is 10.2. The highest BCUT2D eigenvalue weighted by molar-refractivity contribution is 8.01. The highest BCUT2D eigenvalue weighted by Crippen LogP contribution is 2.32. The minimum Gasteiger partial charge on any atom is -0.478 e. The summed E-state index contributed by atoms with van der Waals surface area (Å²) in [5, 5.41) is 8.98. The molecule has 0 radical (unpaired) electrons. The van der Waals surface area contributed by atoms with Crippen LogP contribution in [0.25, 0.3) is 0 Å². The van der Waals surface area contributed by atoms with Crippen LogP contribution in [0.3, 0.4) is 0 Å². The quantitative estimate of drug-likeness (QED) is 0.906. The van der Waals surface area contributed by atoms with Gasteiger partial charge in [-0.05, 0) is 18.6 Å². The summed E-state index contributed by atoms with van der Waals surface area (Å²) < 4.78 is 22.6. The number of carbonyl (C=O) groups is 1. The molecule has 1 aliphatic heterocycles. The second-order valence-corrected chi connectivity index (χ2v) is 7.52. The summed E-state index contributed by atoms with van der Waals surface area (Å²) in [4.78, 5) is 11.6. The van der Waals surface area contributed by atoms with Crippen LogP contribution in [0.2, 0.25) is 0 Å². The Hall–Kier alpha value is -1.01. The molecule has 1 aromatic carbocycles. The van der Waals surface area contributed by atoms with Gasteiger partial charge in [0, 0.05) is 10.1 Å². The Morgan fingerprint density at radius 3 is 2.65 bits per heavy atom. The van der Waals surface area contributed by atoms with Gasteiger partial charge in [0.1, 0.15) is 0 Å². The third-order valence-corrected chi connectivity index (χ3v) is 5.93. The first-order valence-electron chi connectivity index (χ1n) is 5.17. The molecule has 1 aliphatic rings. The molecule has 0 spiro atoms. The van der Waals surface area contributed by atoms with Crippen LogP contribution < -0.4 is 0 Å². The van der Waals surface area contributed by atoms with Crippen molar-refractivity contribution >= 4 is 27.6 Å². The third kappa shape index (κ3) is 3.01. The summed E-state index contributed by atoms with van der Waals surface area (Å²) in [6, 6.07) is 6.68. The average Bonchev–Trinajstić information content (AvgIpc) is 2.58. The van der Waals surface area contributed by atoms with E-state index in [4.69, 9.17) is 5.11 Å². The van der Waals surface area contributed by atoms with Gasteiger partial charge in [0.2, 0.25) is 0 Å². The minimum absolute atomic E-state index is 0.0273. The van der Waals surface area contributed by atoms with Crippen LogP contribution in [-0.4, -0.2) is 36.2 Å². The van der Waals surface area contributed by atoms with E-state index < -0.39 is 15.8 Å². The van der Waals surface area contributed by atoms with Crippen LogP contribution in [0.5, 0.6) is 0 Å². The first kappa shape index (κ1) is 12.4. The minimum atomic E-state index is -2.92. The van der Waals surface area contributed by atoms with Crippen molar-refractivity contribution in [2.24, 2.45) is 0 Å². The molecule has 4 nitrogen and oxygen atoms in total. The molecule has 17 heavy (non-hydrogen) atoms. The van der Waals surface area contributed by atoms with Gasteiger partial charge in [-0.1, -0.05) is 12.1 Å². The van der Waals surface area contributed by atoms with E-state index in [0.717, 1.165) is 0 Å². The zero-order valence-electron chi connectivity index (χ0n) is 9.00. The predicted octanol–water partition coefficient (Wildman–Crippen LogP) is 1.66. The molecule has 1 atom stereocenters. The van der Waals surface area contributed by atoms with Gasteiger partial charge in [-0.15, -0.1) is 11.8 Å². The van der Waals surface area contributed by atoms with Crippen LogP contribution >= 0.6 is 11.8 Å². The van der Waals surface area contributed by atoms with Crippen molar-refractivity contribution in [1.82, 2.24) is 0 Å². The lowest BCUT2D eigenvalue weighted by Crippen LogP contribution is -2.07. The second kappa shape index (κ2) is 4.70. The van der Waals surface area contributed by atoms with Crippen LogP contribution in [0.15, 0.2) is 29.2 Å². The van der Waals surface area contributed by atoms with Crippen molar-refractivity contribution in [3.05, 3.63) is 29.8 Å². The third-order valence-electron chi connectivity index (χ3n) is 2.60. The highest BCUT2D eigenvalue weighted by atomic mass is 32.2. The summed E-state index contributed by atoms with van der Waals surface area (Å²) >= 11 is 1.35. The van der Waals surface area contributed by atoms with Crippen molar-refractivity contribution in [1.29, 1.82) is 0 Å². The predicted molar refractivity (Wildman–Crippen MR) is 66.3 cm³/mol. The highest BCUT2D eigenvalue weighted by Gasteiger charge is 2.29. The van der Waals surface area contributed by atoms with Gasteiger partial charge in [0.05, 0.1) is 17.1 Å². The number of benzene rings is 1. The number of aromatic carboxylic acids is 1. The number of sulfone groups is 1. The van der Waals surface area contributed by atoms with Crippen LogP contribution in [-0.2, 0) is 9.84 Å². The standard InChI is InChI=1S/C11H12O4S2/c12-11(13)9-3-1-2-4-10(9)16-8-5-6-17(14,15)7-8/h1-4,8H,5-7H2,(H,12,13). The Balaban J connectivity index is 2.17. The van der Waals surface area contributed by atoms with E-state index in [1.54, 1.807) is 18.2 Å². The van der Waals surface area contributed by atoms with Crippen molar-refractivity contribution in [2.75, 3.05) is 11.5 Å². The molecule has 2 rings (SSSR count). The Kier molecular flexibility index (Phi) is 3.44. The van der Waals surface area contributed by atoms with E-state index in [1.165, 1.54) is 17.8 Å². The van der Waals surface area contributed by atoms with Gasteiger partial charge in [-0.3, -0.25) is 0 Å². The maximum atomic E-state index is 11.3. The monoisotopic (exact) mass is 272 g/mol. The summed E-state index contributed by atoms with van der Waals surface area (Å²) in [6.45, 7) is 0. The Morgan fingerprint density at radius 1 is 1.35 bits per heavy atom. The number of rotatable bonds is 3. The summed E-state index contributed by atoms with van der Waals surface area (Å²) in [5.74, 6) is -0.625. The summed E-state index contributed by atoms with van der Waals surface area (Å²) in [6.07, 6.45) is 0.598. The molecule has 1 unspecified atom stereocenters. The topological polar surface area (TPSA) is 71.4 Å². The normalized spacial score (nSPS) is 22.5. The van der Waals surface area contributed by atoms with Crippen molar-refractivity contribution in [3.63, 3.8) is 0 Å². The van der Waals surface area contributed by atoms with E-state index in [-0.39, 0.29) is 22.3 Å². The number of hydrogen-bond donors (Lipinski definition) is 1. The summed E-state index contributed by atoms with van der Waals surface area (Å²) in [7, 11) is -2.92. The molecule has 1 heterocycles. The molecule has 1 N–H and O–H groups in total. The second-order valence-electron chi connectivity index (χ2n) is 3.94. The lowest BCUT2D eigenvalue weighted by Gasteiger charge is -2.09. The van der Waals surface area contributed by atoms with Crippen molar-refractivity contribution in [2.45, 2.75) is 16.6 Å². The van der Waals surface area contributed by atoms with E-state index >= 15 is 0 Å². The molecule has 1 saturated heterocycles. The maximum absolute atomic E-state index is 11.3. The zero-order valence-corrected chi connectivity index (χ0v) is 10.6. The van der Waals surface area contributed by atoms with Crippen LogP contribution in [0.4, 0.5) is 0 Å². The SMILES string of the molecule is O=C(O)c1ccccc1SC1CCS(=O)(=O)C1. The summed E-state index contributed by atoms with van der Waals surface area (Å²) in [5.41, 5.74) is 0.238. The Morgan fingerprint density at radius 2 is 2.06 bits per heavy atom. The van der Waals surface area contributed by atoms with Gasteiger partial charge in [-0.2, -0.15) is 0 Å². The number of carboxylic acid groups (broad SMARTS) is 1. The largest absolute Gasteiger partial charge is 0.478 e. The zero-order chi connectivity index (χ0) is 12.5. The molecule has 92 valence electrons. The molecular formula is C11H12O4S2. The maximum Gasteiger partial charge on any atom is 0.336 e. The fraction of sp³-hybridized carbons (Fsp3) is 0.364. The van der Waals surface area contributed by atoms with Crippen molar-refractivity contribution < 1.29 is 18.3 Å². The van der Waals surface area contributed by atoms with E-state index in [0.29, 0.717) is 11.3 Å². The van der Waals surface area contributed by atoms with Gasteiger partial charge < -0.3 is 5.11 Å². The average molecular weight is 272 g/mol. The van der Waals surface area contributed by atoms with Crippen LogP contribution in [0, 0.1) is 0 Å². The van der Waals surface area contributed by atoms with Gasteiger partial charge in [0.15, 0.2) is 9.84 Å². The molecule has 1 aromatic rings. The van der Waals surface area contributed by atoms with Gasteiger partial charge >= 0.3 is 5.97 Å². The van der Waals surface area contributed by atoms with E-state index in [9.17, 15) is 13.2 Å². The molecular weight excluding hydrogens is 260 g/mol. The Bertz CT molecular complexity index is 536. The van der Waals surface area contributed by atoms with E-state index in [1.807, 2.05) is 0 Å². The van der Waals surface area contributed by atoms with Crippen LogP contribution in [0.1, 0.15) is 16.8 Å². The molecule has 0 bridgehead atoms. The molecule has 0 amide bonds. The molecule has 0 saturated carbocycles. The smallest absolute Gasteiger partial charge is 0.336 e. The first-order valence-corrected chi connectivity index (χ1v) is 7.87. The molecule has 0 aromatic heterocycles. The van der Waals surface area contributed by atoms with Crippen molar-refractivity contribution in [3.8, 4) is 0 Å². The van der Waals surface area contributed by atoms with Gasteiger partial charge in [-0.25, -0.2) is 13.2 Å². The molecule has 0 aliphatic carbocycles. The number of carboxylic acids is 1. The van der Waals surface area contributed by atoms with E-state index in [2.05, 4.69) is 0 Å². The molecule has 1 fully saturated rings. The number of thioether (sulfide) groups is 1.